The van der Waals surface area contributed by atoms with Crippen molar-refractivity contribution in [3.05, 3.63) is 16.1 Å². The molecule has 1 aromatic rings. The second-order valence-electron chi connectivity index (χ2n) is 4.70. The number of nitrogens with one attached hydrogen (secondary N) is 1. The minimum Gasteiger partial charge on any atom is -0.381 e. The van der Waals surface area contributed by atoms with Crippen LogP contribution in [0.2, 0.25) is 0 Å². The van der Waals surface area contributed by atoms with Gasteiger partial charge in [0.25, 0.3) is 0 Å². The number of thiazole rings is 1. The lowest BCUT2D eigenvalue weighted by Crippen LogP contribution is -2.17. The second kappa shape index (κ2) is 7.09. The summed E-state index contributed by atoms with van der Waals surface area (Å²) in [6.45, 7) is 2.95. The lowest BCUT2D eigenvalue weighted by atomic mass is 9.97. The number of aromatic nitrogens is 1. The van der Waals surface area contributed by atoms with E-state index in [1.165, 1.54) is 30.0 Å². The van der Waals surface area contributed by atoms with E-state index in [0.717, 1.165) is 38.5 Å². The molecule has 1 aliphatic heterocycles. The van der Waals surface area contributed by atoms with Gasteiger partial charge < -0.3 is 10.1 Å². The van der Waals surface area contributed by atoms with Gasteiger partial charge in [0.15, 0.2) is 0 Å². The van der Waals surface area contributed by atoms with Crippen molar-refractivity contribution in [2.75, 3.05) is 26.8 Å². The number of rotatable bonds is 6. The summed E-state index contributed by atoms with van der Waals surface area (Å²) in [6.07, 6.45) is 5.84. The van der Waals surface area contributed by atoms with E-state index in [0.29, 0.717) is 0 Å². The molecule has 0 aromatic carbocycles. The summed E-state index contributed by atoms with van der Waals surface area (Å²) in [5, 5.41) is 6.71. The number of hydrogen-bond acceptors (Lipinski definition) is 4. The molecule has 0 aliphatic carbocycles. The summed E-state index contributed by atoms with van der Waals surface area (Å²) in [7, 11) is 2.00. The molecule has 1 saturated heterocycles. The molecule has 4 heteroatoms. The first-order valence-electron chi connectivity index (χ1n) is 6.54. The van der Waals surface area contributed by atoms with Crippen molar-refractivity contribution in [2.45, 2.75) is 32.1 Å². The average Bonchev–Trinajstić information content (AvgIpc) is 2.79. The second-order valence-corrected chi connectivity index (χ2v) is 5.64. The lowest BCUT2D eigenvalue weighted by Gasteiger charge is -2.20. The van der Waals surface area contributed by atoms with Gasteiger partial charge in [0.1, 0.15) is 0 Å². The van der Waals surface area contributed by atoms with Crippen LogP contribution in [0.15, 0.2) is 5.38 Å². The molecule has 1 aromatic heterocycles. The van der Waals surface area contributed by atoms with E-state index < -0.39 is 0 Å². The van der Waals surface area contributed by atoms with Crippen molar-refractivity contribution in [3.63, 3.8) is 0 Å². The van der Waals surface area contributed by atoms with E-state index in [1.807, 2.05) is 18.4 Å². The van der Waals surface area contributed by atoms with Crippen molar-refractivity contribution in [3.8, 4) is 0 Å². The summed E-state index contributed by atoms with van der Waals surface area (Å²) >= 11 is 1.83. The maximum Gasteiger partial charge on any atom is 0.0931 e. The van der Waals surface area contributed by atoms with Crippen LogP contribution in [0, 0.1) is 5.92 Å². The summed E-state index contributed by atoms with van der Waals surface area (Å²) in [5.41, 5.74) is 1.27. The first-order chi connectivity index (χ1) is 8.38. The zero-order valence-corrected chi connectivity index (χ0v) is 11.4. The Labute approximate surface area is 108 Å². The minimum absolute atomic E-state index is 0.792. The van der Waals surface area contributed by atoms with Gasteiger partial charge in [0, 0.05) is 25.0 Å². The highest BCUT2D eigenvalue weighted by Gasteiger charge is 2.15. The summed E-state index contributed by atoms with van der Waals surface area (Å²) in [6, 6.07) is 0. The molecule has 0 spiro atoms. The van der Waals surface area contributed by atoms with Crippen LogP contribution >= 0.6 is 11.3 Å². The van der Waals surface area contributed by atoms with Crippen LogP contribution in [0.25, 0.3) is 0 Å². The average molecular weight is 254 g/mol. The molecule has 3 nitrogen and oxygen atoms in total. The molecule has 17 heavy (non-hydrogen) atoms. The molecule has 0 atom stereocenters. The van der Waals surface area contributed by atoms with Crippen molar-refractivity contribution in [1.29, 1.82) is 0 Å². The Morgan fingerprint density at radius 3 is 3.06 bits per heavy atom. The molecule has 0 unspecified atom stereocenters. The van der Waals surface area contributed by atoms with Gasteiger partial charge in [-0.3, -0.25) is 0 Å². The van der Waals surface area contributed by atoms with Gasteiger partial charge in [0.2, 0.25) is 0 Å². The molecule has 96 valence electrons. The third-order valence-electron chi connectivity index (χ3n) is 3.26. The predicted octanol–water partition coefficient (Wildman–Crippen LogP) is 2.26. The fourth-order valence-electron chi connectivity index (χ4n) is 2.20. The molecule has 0 amide bonds. The Bertz CT molecular complexity index is 321. The Balaban J connectivity index is 1.76. The van der Waals surface area contributed by atoms with E-state index >= 15 is 0 Å². The summed E-state index contributed by atoms with van der Waals surface area (Å²) in [4.78, 5) is 4.73. The zero-order chi connectivity index (χ0) is 11.9. The number of nitrogens with zero attached hydrogens (tertiary/aromatic N) is 1. The van der Waals surface area contributed by atoms with Gasteiger partial charge in [-0.1, -0.05) is 0 Å². The quantitative estimate of drug-likeness (QED) is 0.791. The van der Waals surface area contributed by atoms with Crippen molar-refractivity contribution >= 4 is 11.3 Å². The minimum atomic E-state index is 0.792. The maximum absolute atomic E-state index is 5.38. The lowest BCUT2D eigenvalue weighted by molar-refractivity contribution is 0.0665. The van der Waals surface area contributed by atoms with E-state index in [1.54, 1.807) is 0 Å². The fourth-order valence-corrected chi connectivity index (χ4v) is 3.15. The topological polar surface area (TPSA) is 34.1 Å². The van der Waals surface area contributed by atoms with Crippen LogP contribution in [0.4, 0.5) is 0 Å². The van der Waals surface area contributed by atoms with E-state index in [9.17, 15) is 0 Å². The monoisotopic (exact) mass is 254 g/mol. The molecule has 1 fully saturated rings. The third-order valence-corrected chi connectivity index (χ3v) is 4.18. The van der Waals surface area contributed by atoms with Crippen molar-refractivity contribution in [2.24, 2.45) is 5.92 Å². The van der Waals surface area contributed by atoms with E-state index in [2.05, 4.69) is 10.7 Å². The standard InChI is InChI=1S/C13H22N2OS/c1-14-6-2-3-12-10-17-13(15-12)9-11-4-7-16-8-5-11/h10-11,14H,2-9H2,1H3. The Kier molecular flexibility index (Phi) is 5.42. The maximum atomic E-state index is 5.38. The van der Waals surface area contributed by atoms with Crippen molar-refractivity contribution < 1.29 is 4.74 Å². The molecular weight excluding hydrogens is 232 g/mol. The first-order valence-corrected chi connectivity index (χ1v) is 7.42. The van der Waals surface area contributed by atoms with Gasteiger partial charge in [0.05, 0.1) is 10.7 Å². The predicted molar refractivity (Wildman–Crippen MR) is 71.6 cm³/mol. The highest BCUT2D eigenvalue weighted by atomic mass is 32.1. The molecular formula is C13H22N2OS. The normalized spacial score (nSPS) is 17.5. The van der Waals surface area contributed by atoms with Crippen LogP contribution < -0.4 is 5.32 Å². The molecule has 1 N–H and O–H groups in total. The van der Waals surface area contributed by atoms with Gasteiger partial charge in [-0.25, -0.2) is 4.98 Å². The van der Waals surface area contributed by atoms with Gasteiger partial charge >= 0.3 is 0 Å². The number of ether oxygens (including phenoxy) is 1. The summed E-state index contributed by atoms with van der Waals surface area (Å²) in [5.74, 6) is 0.792. The van der Waals surface area contributed by atoms with Crippen LogP contribution in [0.5, 0.6) is 0 Å². The Hall–Kier alpha value is -0.450. The zero-order valence-electron chi connectivity index (χ0n) is 10.6. The summed E-state index contributed by atoms with van der Waals surface area (Å²) < 4.78 is 5.38. The van der Waals surface area contributed by atoms with Gasteiger partial charge in [-0.2, -0.15) is 0 Å². The molecule has 0 bridgehead atoms. The van der Waals surface area contributed by atoms with Crippen LogP contribution in [-0.4, -0.2) is 31.8 Å². The number of aryl methyl sites for hydroxylation is 1. The molecule has 2 rings (SSSR count). The van der Waals surface area contributed by atoms with E-state index in [-0.39, 0.29) is 0 Å². The highest BCUT2D eigenvalue weighted by Crippen LogP contribution is 2.22. The van der Waals surface area contributed by atoms with Crippen LogP contribution in [0.1, 0.15) is 30.0 Å². The highest BCUT2D eigenvalue weighted by molar-refractivity contribution is 7.09. The smallest absolute Gasteiger partial charge is 0.0931 e. The van der Waals surface area contributed by atoms with Gasteiger partial charge in [-0.05, 0) is 45.2 Å². The Morgan fingerprint density at radius 2 is 2.29 bits per heavy atom. The first kappa shape index (κ1) is 13.0. The molecule has 0 saturated carbocycles. The fraction of sp³-hybridized carbons (Fsp3) is 0.769. The molecule has 2 heterocycles. The molecule has 0 radical (unpaired) electrons. The van der Waals surface area contributed by atoms with Crippen LogP contribution in [0.3, 0.4) is 0 Å². The van der Waals surface area contributed by atoms with Crippen LogP contribution in [-0.2, 0) is 17.6 Å². The number of hydrogen-bond donors (Lipinski definition) is 1. The van der Waals surface area contributed by atoms with Crippen molar-refractivity contribution in [1.82, 2.24) is 10.3 Å². The Morgan fingerprint density at radius 1 is 1.47 bits per heavy atom. The van der Waals surface area contributed by atoms with E-state index in [4.69, 9.17) is 9.72 Å². The third kappa shape index (κ3) is 4.37. The SMILES string of the molecule is CNCCCc1csc(CC2CCOCC2)n1. The largest absolute Gasteiger partial charge is 0.381 e. The van der Waals surface area contributed by atoms with Gasteiger partial charge in [-0.15, -0.1) is 11.3 Å². The molecule has 1 aliphatic rings.